The molecule has 2 N–H and O–H groups in total. The quantitative estimate of drug-likeness (QED) is 0.405. The predicted octanol–water partition coefficient (Wildman–Crippen LogP) is 5.01. The number of hydrogen-bond donors (Lipinski definition) is 2. The van der Waals surface area contributed by atoms with Gasteiger partial charge in [-0.05, 0) is 76.4 Å². The van der Waals surface area contributed by atoms with Crippen molar-refractivity contribution < 1.29 is 9.47 Å². The van der Waals surface area contributed by atoms with Crippen LogP contribution in [0.2, 0.25) is 0 Å². The second-order valence-corrected chi connectivity index (χ2v) is 9.15. The molecule has 0 amide bonds. The summed E-state index contributed by atoms with van der Waals surface area (Å²) in [4.78, 5) is 4.97. The summed E-state index contributed by atoms with van der Waals surface area (Å²) in [7, 11) is 7.58. The standard InChI is InChI=1S/C29H36N4O2/c1-30-16-8-18-32-20-10-5-11-21-26(20)29(27-22(32)12-6-14-24(27)34-3)28-23(13-7-15-25(28)35-4)33(21)19-9-17-31-2/h5-7,10-15,29-31H,8-9,16-19H2,1-4H3. The molecule has 6 nitrogen and oxygen atoms in total. The zero-order valence-electron chi connectivity index (χ0n) is 21.2. The van der Waals surface area contributed by atoms with Crippen molar-refractivity contribution in [2.75, 3.05) is 64.3 Å². The molecule has 0 aliphatic carbocycles. The van der Waals surface area contributed by atoms with Crippen molar-refractivity contribution in [3.8, 4) is 11.5 Å². The molecular weight excluding hydrogens is 436 g/mol. The van der Waals surface area contributed by atoms with Crippen molar-refractivity contribution in [2.24, 2.45) is 0 Å². The van der Waals surface area contributed by atoms with Crippen LogP contribution in [0, 0.1) is 0 Å². The van der Waals surface area contributed by atoms with E-state index in [1.54, 1.807) is 14.2 Å². The van der Waals surface area contributed by atoms with Gasteiger partial charge in [-0.3, -0.25) is 0 Å². The van der Waals surface area contributed by atoms with Crippen LogP contribution in [0.15, 0.2) is 54.6 Å². The zero-order valence-corrected chi connectivity index (χ0v) is 21.2. The Balaban J connectivity index is 1.78. The summed E-state index contributed by atoms with van der Waals surface area (Å²) in [5.41, 5.74) is 8.78. The topological polar surface area (TPSA) is 49.0 Å². The van der Waals surface area contributed by atoms with Gasteiger partial charge in [0.25, 0.3) is 0 Å². The molecule has 0 fully saturated rings. The highest BCUT2D eigenvalue weighted by Crippen LogP contribution is 2.60. The average Bonchev–Trinajstić information content (AvgIpc) is 2.90. The van der Waals surface area contributed by atoms with E-state index >= 15 is 0 Å². The summed E-state index contributed by atoms with van der Waals surface area (Å²) in [5, 5.41) is 6.60. The first-order valence-corrected chi connectivity index (χ1v) is 12.6. The molecular formula is C29H36N4O2. The summed E-state index contributed by atoms with van der Waals surface area (Å²) in [6, 6.07) is 19.6. The van der Waals surface area contributed by atoms with E-state index in [2.05, 4.69) is 75.0 Å². The zero-order chi connectivity index (χ0) is 24.4. The lowest BCUT2D eigenvalue weighted by molar-refractivity contribution is 0.402. The number of ether oxygens (including phenoxy) is 2. The van der Waals surface area contributed by atoms with Gasteiger partial charge in [-0.1, -0.05) is 18.2 Å². The fraction of sp³-hybridized carbons (Fsp3) is 0.379. The molecule has 0 spiro atoms. The van der Waals surface area contributed by atoms with Gasteiger partial charge in [0.05, 0.1) is 14.2 Å². The van der Waals surface area contributed by atoms with Gasteiger partial charge in [0.15, 0.2) is 0 Å². The first-order valence-electron chi connectivity index (χ1n) is 12.6. The van der Waals surface area contributed by atoms with E-state index in [9.17, 15) is 0 Å². The smallest absolute Gasteiger partial charge is 0.125 e. The number of anilines is 4. The Morgan fingerprint density at radius 1 is 0.629 bits per heavy atom. The van der Waals surface area contributed by atoms with Crippen LogP contribution < -0.4 is 29.9 Å². The van der Waals surface area contributed by atoms with E-state index in [1.807, 2.05) is 14.1 Å². The number of benzene rings is 3. The van der Waals surface area contributed by atoms with Gasteiger partial charge in [0.2, 0.25) is 0 Å². The number of nitrogens with zero attached hydrogens (tertiary/aromatic N) is 2. The Labute approximate surface area is 208 Å². The third-order valence-electron chi connectivity index (χ3n) is 7.23. The van der Waals surface area contributed by atoms with E-state index in [-0.39, 0.29) is 5.92 Å². The Hall–Kier alpha value is -3.22. The number of hydrogen-bond acceptors (Lipinski definition) is 6. The third kappa shape index (κ3) is 3.91. The lowest BCUT2D eigenvalue weighted by Crippen LogP contribution is -2.34. The van der Waals surface area contributed by atoms with Crippen molar-refractivity contribution in [1.82, 2.24) is 10.6 Å². The maximum absolute atomic E-state index is 5.99. The van der Waals surface area contributed by atoms with Crippen LogP contribution in [0.3, 0.4) is 0 Å². The predicted molar refractivity (Wildman–Crippen MR) is 144 cm³/mol. The van der Waals surface area contributed by atoms with Gasteiger partial charge < -0.3 is 29.9 Å². The highest BCUT2D eigenvalue weighted by atomic mass is 16.5. The van der Waals surface area contributed by atoms with Gasteiger partial charge >= 0.3 is 0 Å². The van der Waals surface area contributed by atoms with Crippen LogP contribution in [-0.2, 0) is 0 Å². The highest BCUT2D eigenvalue weighted by Gasteiger charge is 2.42. The van der Waals surface area contributed by atoms with Crippen LogP contribution in [0.25, 0.3) is 0 Å². The molecule has 0 aromatic heterocycles. The Morgan fingerprint density at radius 3 is 1.43 bits per heavy atom. The van der Waals surface area contributed by atoms with Crippen molar-refractivity contribution >= 4 is 22.7 Å². The van der Waals surface area contributed by atoms with Gasteiger partial charge in [0.1, 0.15) is 11.5 Å². The van der Waals surface area contributed by atoms with Crippen molar-refractivity contribution in [1.29, 1.82) is 0 Å². The van der Waals surface area contributed by atoms with Crippen molar-refractivity contribution in [3.05, 3.63) is 71.3 Å². The van der Waals surface area contributed by atoms with Gasteiger partial charge in [-0.2, -0.15) is 0 Å². The van der Waals surface area contributed by atoms with Crippen molar-refractivity contribution in [3.63, 3.8) is 0 Å². The molecule has 0 saturated carbocycles. The van der Waals surface area contributed by atoms with Crippen LogP contribution in [-0.4, -0.2) is 54.5 Å². The molecule has 184 valence electrons. The fourth-order valence-corrected chi connectivity index (χ4v) is 5.78. The molecule has 2 heterocycles. The Kier molecular flexibility index (Phi) is 6.84. The number of fused-ring (bicyclic) bond motifs is 4. The molecule has 2 aliphatic rings. The largest absolute Gasteiger partial charge is 0.496 e. The van der Waals surface area contributed by atoms with E-state index in [1.165, 1.54) is 39.4 Å². The Morgan fingerprint density at radius 2 is 1.03 bits per heavy atom. The van der Waals surface area contributed by atoms with E-state index in [0.29, 0.717) is 0 Å². The van der Waals surface area contributed by atoms with Gasteiger partial charge in [0, 0.05) is 58.4 Å². The average molecular weight is 473 g/mol. The highest BCUT2D eigenvalue weighted by molar-refractivity contribution is 5.91. The summed E-state index contributed by atoms with van der Waals surface area (Å²) >= 11 is 0. The van der Waals surface area contributed by atoms with Gasteiger partial charge in [-0.15, -0.1) is 0 Å². The van der Waals surface area contributed by atoms with Crippen molar-refractivity contribution in [2.45, 2.75) is 18.8 Å². The second kappa shape index (κ2) is 10.2. The normalized spacial score (nSPS) is 13.8. The molecule has 0 radical (unpaired) electrons. The minimum atomic E-state index is 0.0413. The third-order valence-corrected chi connectivity index (χ3v) is 7.23. The van der Waals surface area contributed by atoms with Crippen LogP contribution in [0.4, 0.5) is 22.7 Å². The molecule has 35 heavy (non-hydrogen) atoms. The minimum absolute atomic E-state index is 0.0413. The molecule has 5 rings (SSSR count). The molecule has 0 bridgehead atoms. The Bertz CT molecular complexity index is 1110. The van der Waals surface area contributed by atoms with Crippen LogP contribution in [0.5, 0.6) is 11.5 Å². The minimum Gasteiger partial charge on any atom is -0.496 e. The summed E-state index contributed by atoms with van der Waals surface area (Å²) < 4.78 is 12.0. The molecule has 3 aromatic rings. The summed E-state index contributed by atoms with van der Waals surface area (Å²) in [6.45, 7) is 3.81. The lowest BCUT2D eigenvalue weighted by Gasteiger charge is -2.45. The first-order chi connectivity index (χ1) is 17.2. The molecule has 0 atom stereocenters. The number of rotatable bonds is 10. The van der Waals surface area contributed by atoms with Crippen LogP contribution >= 0.6 is 0 Å². The molecule has 2 aliphatic heterocycles. The van der Waals surface area contributed by atoms with E-state index < -0.39 is 0 Å². The summed E-state index contributed by atoms with van der Waals surface area (Å²) in [6.07, 6.45) is 2.10. The molecule has 3 aromatic carbocycles. The monoisotopic (exact) mass is 472 g/mol. The fourth-order valence-electron chi connectivity index (χ4n) is 5.78. The SMILES string of the molecule is CNCCCN1c2cccc(OC)c2C2c3c(OC)cccc3N(CCCNC)c3cccc1c32. The lowest BCUT2D eigenvalue weighted by atomic mass is 9.75. The molecule has 0 saturated heterocycles. The summed E-state index contributed by atoms with van der Waals surface area (Å²) in [5.74, 6) is 1.89. The van der Waals surface area contributed by atoms with E-state index in [0.717, 1.165) is 50.5 Å². The second-order valence-electron chi connectivity index (χ2n) is 9.15. The first kappa shape index (κ1) is 23.5. The van der Waals surface area contributed by atoms with Gasteiger partial charge in [-0.25, -0.2) is 0 Å². The maximum Gasteiger partial charge on any atom is 0.125 e. The molecule has 0 unspecified atom stereocenters. The van der Waals surface area contributed by atoms with E-state index in [4.69, 9.17) is 9.47 Å². The maximum atomic E-state index is 5.99. The number of nitrogens with one attached hydrogen (secondary N) is 2. The molecule has 6 heteroatoms. The van der Waals surface area contributed by atoms with Crippen LogP contribution in [0.1, 0.15) is 35.4 Å². The number of methoxy groups -OCH3 is 2.